The second-order valence-corrected chi connectivity index (χ2v) is 5.08. The highest BCUT2D eigenvalue weighted by Gasteiger charge is 2.15. The topological polar surface area (TPSA) is 72.8 Å². The summed E-state index contributed by atoms with van der Waals surface area (Å²) in [5.41, 5.74) is 7.56. The van der Waals surface area contributed by atoms with Gasteiger partial charge in [0.25, 0.3) is 0 Å². The Hall–Kier alpha value is -1.28. The lowest BCUT2D eigenvalue weighted by Gasteiger charge is -2.16. The molecule has 0 spiro atoms. The maximum absolute atomic E-state index is 5.09. The predicted molar refractivity (Wildman–Crippen MR) is 92.2 cm³/mol. The van der Waals surface area contributed by atoms with Gasteiger partial charge in [-0.1, -0.05) is 0 Å². The Balaban J connectivity index is 2.61. The van der Waals surface area contributed by atoms with Crippen molar-refractivity contribution < 1.29 is 0 Å². The normalized spacial score (nSPS) is 18.7. The zero-order valence-corrected chi connectivity index (χ0v) is 13.6. The van der Waals surface area contributed by atoms with Crippen molar-refractivity contribution in [1.82, 2.24) is 21.5 Å². The van der Waals surface area contributed by atoms with Gasteiger partial charge < -0.3 is 10.6 Å². The summed E-state index contributed by atoms with van der Waals surface area (Å²) in [4.78, 5) is 0. The summed E-state index contributed by atoms with van der Waals surface area (Å²) in [6, 6.07) is 0. The van der Waals surface area contributed by atoms with Crippen LogP contribution >= 0.6 is 24.4 Å². The SMILES string of the molecule is CCNC(=S)N/N=C1/CCCC/C1=N\NC(=S)NCC. The van der Waals surface area contributed by atoms with Crippen LogP contribution in [0.5, 0.6) is 0 Å². The molecule has 0 heterocycles. The summed E-state index contributed by atoms with van der Waals surface area (Å²) in [5, 5.41) is 15.7. The van der Waals surface area contributed by atoms with E-state index in [-0.39, 0.29) is 0 Å². The molecule has 20 heavy (non-hydrogen) atoms. The summed E-state index contributed by atoms with van der Waals surface area (Å²) in [6.45, 7) is 5.52. The van der Waals surface area contributed by atoms with E-state index >= 15 is 0 Å². The molecule has 0 amide bonds. The van der Waals surface area contributed by atoms with Gasteiger partial charge in [-0.3, -0.25) is 10.9 Å². The standard InChI is InChI=1S/C12H22N6S2/c1-3-13-11(19)17-15-9-7-5-6-8-10(9)16-18-12(20)14-4-2/h3-8H2,1-2H3,(H2,13,17,19)(H2,14,18,20)/b15-9-,16-10+. The fraction of sp³-hybridized carbons (Fsp3) is 0.667. The number of hydrazone groups is 2. The molecule has 0 aromatic carbocycles. The Bertz CT molecular complexity index is 367. The zero-order chi connectivity index (χ0) is 14.8. The van der Waals surface area contributed by atoms with Gasteiger partial charge in [0.15, 0.2) is 10.2 Å². The van der Waals surface area contributed by atoms with Crippen LogP contribution in [0.2, 0.25) is 0 Å². The molecule has 4 N–H and O–H groups in total. The molecule has 1 fully saturated rings. The average Bonchev–Trinajstić information content (AvgIpc) is 2.44. The van der Waals surface area contributed by atoms with Crippen LogP contribution in [-0.2, 0) is 0 Å². The molecule has 1 aliphatic rings. The first kappa shape index (κ1) is 16.8. The highest BCUT2D eigenvalue weighted by molar-refractivity contribution is 7.80. The molecule has 1 rings (SSSR count). The molecule has 0 saturated heterocycles. The minimum Gasteiger partial charge on any atom is -0.362 e. The van der Waals surface area contributed by atoms with Crippen molar-refractivity contribution in [2.45, 2.75) is 39.5 Å². The largest absolute Gasteiger partial charge is 0.362 e. The van der Waals surface area contributed by atoms with Gasteiger partial charge in [-0.15, -0.1) is 0 Å². The minimum atomic E-state index is 0.529. The van der Waals surface area contributed by atoms with Crippen molar-refractivity contribution in [2.75, 3.05) is 13.1 Å². The van der Waals surface area contributed by atoms with E-state index in [1.165, 1.54) is 0 Å². The van der Waals surface area contributed by atoms with Gasteiger partial charge in [0.1, 0.15) is 0 Å². The summed E-state index contributed by atoms with van der Waals surface area (Å²) < 4.78 is 0. The van der Waals surface area contributed by atoms with E-state index < -0.39 is 0 Å². The van der Waals surface area contributed by atoms with E-state index in [4.69, 9.17) is 24.4 Å². The van der Waals surface area contributed by atoms with Crippen LogP contribution in [0.4, 0.5) is 0 Å². The van der Waals surface area contributed by atoms with E-state index in [1.807, 2.05) is 13.8 Å². The van der Waals surface area contributed by atoms with Crippen molar-refractivity contribution in [3.8, 4) is 0 Å². The molecule has 0 aromatic heterocycles. The van der Waals surface area contributed by atoms with Crippen LogP contribution in [0.15, 0.2) is 10.2 Å². The Morgan fingerprint density at radius 1 is 0.900 bits per heavy atom. The van der Waals surface area contributed by atoms with Crippen molar-refractivity contribution >= 4 is 46.1 Å². The van der Waals surface area contributed by atoms with Crippen LogP contribution in [0.1, 0.15) is 39.5 Å². The lowest BCUT2D eigenvalue weighted by molar-refractivity contribution is 0.762. The van der Waals surface area contributed by atoms with Gasteiger partial charge in [-0.2, -0.15) is 10.2 Å². The molecule has 1 aliphatic carbocycles. The van der Waals surface area contributed by atoms with Crippen LogP contribution in [0, 0.1) is 0 Å². The molecule has 0 aliphatic heterocycles. The van der Waals surface area contributed by atoms with Gasteiger partial charge in [0, 0.05) is 13.1 Å². The molecule has 6 nitrogen and oxygen atoms in total. The minimum absolute atomic E-state index is 0.529. The molecule has 112 valence electrons. The monoisotopic (exact) mass is 314 g/mol. The lowest BCUT2D eigenvalue weighted by atomic mass is 9.96. The number of hydrogen-bond donors (Lipinski definition) is 4. The first-order valence-electron chi connectivity index (χ1n) is 6.88. The summed E-state index contributed by atoms with van der Waals surface area (Å²) in [7, 11) is 0. The molecular weight excluding hydrogens is 292 g/mol. The Kier molecular flexibility index (Phi) is 8.05. The van der Waals surface area contributed by atoms with E-state index in [0.29, 0.717) is 10.2 Å². The average molecular weight is 314 g/mol. The maximum atomic E-state index is 5.09. The van der Waals surface area contributed by atoms with Crippen LogP contribution in [0.25, 0.3) is 0 Å². The third kappa shape index (κ3) is 6.25. The van der Waals surface area contributed by atoms with E-state index in [9.17, 15) is 0 Å². The van der Waals surface area contributed by atoms with Gasteiger partial charge in [0.05, 0.1) is 11.4 Å². The fourth-order valence-electron chi connectivity index (χ4n) is 1.75. The molecule has 0 unspecified atom stereocenters. The van der Waals surface area contributed by atoms with Gasteiger partial charge >= 0.3 is 0 Å². The van der Waals surface area contributed by atoms with E-state index in [1.54, 1.807) is 0 Å². The van der Waals surface area contributed by atoms with Gasteiger partial charge in [-0.05, 0) is 64.0 Å². The molecule has 8 heteroatoms. The number of thiocarbonyl (C=S) groups is 2. The summed E-state index contributed by atoms with van der Waals surface area (Å²) in [5.74, 6) is 0. The molecular formula is C12H22N6S2. The van der Waals surface area contributed by atoms with Crippen molar-refractivity contribution in [3.63, 3.8) is 0 Å². The quantitative estimate of drug-likeness (QED) is 0.462. The Morgan fingerprint density at radius 2 is 1.30 bits per heavy atom. The predicted octanol–water partition coefficient (Wildman–Crippen LogP) is 1.24. The lowest BCUT2D eigenvalue weighted by Crippen LogP contribution is -2.35. The van der Waals surface area contributed by atoms with E-state index in [2.05, 4.69) is 31.7 Å². The third-order valence-electron chi connectivity index (χ3n) is 2.67. The number of hydrogen-bond acceptors (Lipinski definition) is 4. The second kappa shape index (κ2) is 9.60. The molecule has 0 bridgehead atoms. The van der Waals surface area contributed by atoms with Gasteiger partial charge in [-0.25, -0.2) is 0 Å². The van der Waals surface area contributed by atoms with Crippen LogP contribution in [0.3, 0.4) is 0 Å². The number of rotatable bonds is 4. The van der Waals surface area contributed by atoms with Crippen molar-refractivity contribution in [3.05, 3.63) is 0 Å². The molecule has 1 saturated carbocycles. The first-order valence-corrected chi connectivity index (χ1v) is 7.70. The van der Waals surface area contributed by atoms with E-state index in [0.717, 1.165) is 50.2 Å². The van der Waals surface area contributed by atoms with Crippen molar-refractivity contribution in [2.24, 2.45) is 10.2 Å². The van der Waals surface area contributed by atoms with Crippen molar-refractivity contribution in [1.29, 1.82) is 0 Å². The smallest absolute Gasteiger partial charge is 0.186 e. The first-order chi connectivity index (χ1) is 9.67. The van der Waals surface area contributed by atoms with Gasteiger partial charge in [0.2, 0.25) is 0 Å². The maximum Gasteiger partial charge on any atom is 0.186 e. The van der Waals surface area contributed by atoms with Crippen LogP contribution < -0.4 is 21.5 Å². The number of nitrogens with zero attached hydrogens (tertiary/aromatic N) is 2. The summed E-state index contributed by atoms with van der Waals surface area (Å²) in [6.07, 6.45) is 4.03. The Labute approximate surface area is 130 Å². The third-order valence-corrected chi connectivity index (χ3v) is 3.14. The summed E-state index contributed by atoms with van der Waals surface area (Å²) >= 11 is 10.2. The zero-order valence-electron chi connectivity index (χ0n) is 12.0. The second-order valence-electron chi connectivity index (χ2n) is 4.27. The highest BCUT2D eigenvalue weighted by atomic mass is 32.1. The van der Waals surface area contributed by atoms with Crippen LogP contribution in [-0.4, -0.2) is 34.7 Å². The highest BCUT2D eigenvalue weighted by Crippen LogP contribution is 2.12. The fourth-order valence-corrected chi connectivity index (χ4v) is 2.13. The molecule has 0 radical (unpaired) electrons. The molecule has 0 atom stereocenters. The Morgan fingerprint density at radius 3 is 1.65 bits per heavy atom. The number of nitrogens with one attached hydrogen (secondary N) is 4. The molecule has 0 aromatic rings.